The van der Waals surface area contributed by atoms with Crippen LogP contribution in [0, 0.1) is 0 Å². The topological polar surface area (TPSA) is 46.5 Å². The van der Waals surface area contributed by atoms with Gasteiger partial charge in [-0.25, -0.2) is 0 Å². The molecule has 0 spiro atoms. The van der Waals surface area contributed by atoms with E-state index >= 15 is 0 Å². The first-order chi connectivity index (χ1) is 12.8. The number of para-hydroxylation sites is 1. The predicted octanol–water partition coefficient (Wildman–Crippen LogP) is 5.61. The number of hydrogen-bond acceptors (Lipinski definition) is 3. The predicted molar refractivity (Wildman–Crippen MR) is 106 cm³/mol. The lowest BCUT2D eigenvalue weighted by Gasteiger charge is -2.13. The van der Waals surface area contributed by atoms with Crippen molar-refractivity contribution in [3.63, 3.8) is 0 Å². The quantitative estimate of drug-likeness (QED) is 0.470. The lowest BCUT2D eigenvalue weighted by molar-refractivity contribution is 0.668. The monoisotopic (exact) mass is 360 g/mol. The largest absolute Gasteiger partial charge is 0.360 e. The van der Waals surface area contributed by atoms with E-state index in [9.17, 15) is 0 Å². The van der Waals surface area contributed by atoms with Crippen LogP contribution in [0.4, 0.5) is 0 Å². The Hall–Kier alpha value is -2.53. The Morgan fingerprint density at radius 3 is 2.62 bits per heavy atom. The summed E-state index contributed by atoms with van der Waals surface area (Å²) in [7, 11) is 0. The number of aromatic amines is 1. The molecule has 4 nitrogen and oxygen atoms in total. The summed E-state index contributed by atoms with van der Waals surface area (Å²) in [5.41, 5.74) is 3.59. The van der Waals surface area contributed by atoms with Crippen LogP contribution in [0.1, 0.15) is 36.6 Å². The molecule has 1 saturated carbocycles. The van der Waals surface area contributed by atoms with Gasteiger partial charge in [-0.1, -0.05) is 60.3 Å². The Morgan fingerprint density at radius 1 is 1.04 bits per heavy atom. The zero-order valence-electron chi connectivity index (χ0n) is 14.6. The second kappa shape index (κ2) is 6.32. The average Bonchev–Trinajstić information content (AvgIpc) is 3.30. The Kier molecular flexibility index (Phi) is 3.82. The van der Waals surface area contributed by atoms with Crippen molar-refractivity contribution in [2.75, 3.05) is 0 Å². The van der Waals surface area contributed by atoms with Crippen LogP contribution in [0.25, 0.3) is 22.3 Å². The Balaban J connectivity index is 1.54. The molecule has 4 aromatic rings. The number of aromatic nitrogens is 4. The summed E-state index contributed by atoms with van der Waals surface area (Å²) in [4.78, 5) is 3.36. The fourth-order valence-corrected chi connectivity index (χ4v) is 4.46. The maximum absolute atomic E-state index is 4.59. The highest BCUT2D eigenvalue weighted by molar-refractivity contribution is 7.99. The van der Waals surface area contributed by atoms with Gasteiger partial charge in [0.15, 0.2) is 11.0 Å². The normalized spacial score (nSPS) is 15.4. The number of nitrogens with one attached hydrogen (secondary N) is 1. The van der Waals surface area contributed by atoms with E-state index in [1.165, 1.54) is 23.8 Å². The summed E-state index contributed by atoms with van der Waals surface area (Å²) in [6, 6.07) is 19.5. The van der Waals surface area contributed by atoms with Crippen molar-refractivity contribution in [3.8, 4) is 11.4 Å². The molecule has 1 N–H and O–H groups in total. The summed E-state index contributed by atoms with van der Waals surface area (Å²) >= 11 is 1.79. The highest BCUT2D eigenvalue weighted by atomic mass is 32.2. The van der Waals surface area contributed by atoms with E-state index in [0.29, 0.717) is 11.3 Å². The molecule has 1 atom stereocenters. The molecule has 1 unspecified atom stereocenters. The van der Waals surface area contributed by atoms with E-state index in [4.69, 9.17) is 0 Å². The summed E-state index contributed by atoms with van der Waals surface area (Å²) in [6.45, 7) is 2.23. The molecule has 2 aromatic heterocycles. The van der Waals surface area contributed by atoms with Gasteiger partial charge in [0.05, 0.1) is 0 Å². The molecule has 1 aliphatic carbocycles. The van der Waals surface area contributed by atoms with E-state index in [1.807, 2.05) is 0 Å². The highest BCUT2D eigenvalue weighted by Gasteiger charge is 2.31. The summed E-state index contributed by atoms with van der Waals surface area (Å²) < 4.78 is 2.35. The number of rotatable bonds is 5. The van der Waals surface area contributed by atoms with Gasteiger partial charge in [-0.2, -0.15) is 0 Å². The number of thioether (sulfide) groups is 1. The molecule has 0 amide bonds. The number of fused-ring (bicyclic) bond motifs is 1. The third-order valence-electron chi connectivity index (χ3n) is 4.96. The fourth-order valence-electron chi connectivity index (χ4n) is 3.41. The first-order valence-electron chi connectivity index (χ1n) is 9.04. The molecule has 0 bridgehead atoms. The van der Waals surface area contributed by atoms with Crippen LogP contribution in [0.15, 0.2) is 66.0 Å². The van der Waals surface area contributed by atoms with Gasteiger partial charge < -0.3 is 4.98 Å². The van der Waals surface area contributed by atoms with Gasteiger partial charge in [-0.05, 0) is 31.4 Å². The lowest BCUT2D eigenvalue weighted by Crippen LogP contribution is -2.00. The van der Waals surface area contributed by atoms with Crippen LogP contribution in [0.3, 0.4) is 0 Å². The number of nitrogens with zero attached hydrogens (tertiary/aromatic N) is 3. The molecule has 5 heteroatoms. The van der Waals surface area contributed by atoms with E-state index in [0.717, 1.165) is 22.1 Å². The van der Waals surface area contributed by atoms with E-state index in [1.54, 1.807) is 11.8 Å². The Morgan fingerprint density at radius 2 is 1.81 bits per heavy atom. The molecule has 1 aliphatic rings. The van der Waals surface area contributed by atoms with Gasteiger partial charge in [0.25, 0.3) is 0 Å². The van der Waals surface area contributed by atoms with Crippen LogP contribution in [0.2, 0.25) is 0 Å². The van der Waals surface area contributed by atoms with Crippen LogP contribution >= 0.6 is 11.8 Å². The molecule has 0 aliphatic heterocycles. The van der Waals surface area contributed by atoms with Crippen LogP contribution in [-0.2, 0) is 0 Å². The number of H-pyrrole nitrogens is 1. The molecular formula is C21H20N4S. The molecule has 2 heterocycles. The lowest BCUT2D eigenvalue weighted by atomic mass is 10.1. The van der Waals surface area contributed by atoms with Gasteiger partial charge in [0.1, 0.15) is 0 Å². The zero-order chi connectivity index (χ0) is 17.5. The molecule has 130 valence electrons. The van der Waals surface area contributed by atoms with Crippen LogP contribution in [0.5, 0.6) is 0 Å². The van der Waals surface area contributed by atoms with Crippen LogP contribution in [-0.4, -0.2) is 19.7 Å². The minimum Gasteiger partial charge on any atom is -0.360 e. The van der Waals surface area contributed by atoms with Gasteiger partial charge in [0, 0.05) is 34.0 Å². The van der Waals surface area contributed by atoms with E-state index in [2.05, 4.69) is 87.5 Å². The van der Waals surface area contributed by atoms with Gasteiger partial charge in [-0.3, -0.25) is 4.57 Å². The highest BCUT2D eigenvalue weighted by Crippen LogP contribution is 2.44. The van der Waals surface area contributed by atoms with Crippen molar-refractivity contribution in [2.24, 2.45) is 0 Å². The molecule has 5 rings (SSSR count). The summed E-state index contributed by atoms with van der Waals surface area (Å²) in [5.74, 6) is 0.979. The third kappa shape index (κ3) is 2.72. The van der Waals surface area contributed by atoms with Crippen molar-refractivity contribution in [2.45, 2.75) is 36.2 Å². The van der Waals surface area contributed by atoms with Crippen molar-refractivity contribution in [1.29, 1.82) is 0 Å². The second-order valence-corrected chi connectivity index (χ2v) is 8.13. The first-order valence-corrected chi connectivity index (χ1v) is 9.92. The smallest absolute Gasteiger partial charge is 0.192 e. The summed E-state index contributed by atoms with van der Waals surface area (Å²) in [5, 5.41) is 11.7. The van der Waals surface area contributed by atoms with Crippen molar-refractivity contribution in [3.05, 3.63) is 66.4 Å². The fraction of sp³-hybridized carbons (Fsp3) is 0.238. The third-order valence-corrected chi connectivity index (χ3v) is 6.07. The van der Waals surface area contributed by atoms with Crippen molar-refractivity contribution >= 4 is 22.7 Å². The summed E-state index contributed by atoms with van der Waals surface area (Å²) in [6.07, 6.45) is 4.48. The zero-order valence-corrected chi connectivity index (χ0v) is 15.4. The molecular weight excluding hydrogens is 340 g/mol. The van der Waals surface area contributed by atoms with Crippen molar-refractivity contribution < 1.29 is 0 Å². The Labute approximate surface area is 156 Å². The maximum Gasteiger partial charge on any atom is 0.192 e. The van der Waals surface area contributed by atoms with Gasteiger partial charge in [-0.15, -0.1) is 10.2 Å². The first kappa shape index (κ1) is 15.7. The minimum absolute atomic E-state index is 0.341. The van der Waals surface area contributed by atoms with Gasteiger partial charge >= 0.3 is 0 Å². The Bertz CT molecular complexity index is 1050. The standard InChI is InChI=1S/C21H20N4S/c1-14(15-7-3-2-4-8-15)26-21-24-23-20(25(21)16-11-12-16)18-13-22-19-10-6-5-9-17(18)19/h2-10,13-14,16,22H,11-12H2,1H3. The number of hydrogen-bond donors (Lipinski definition) is 1. The minimum atomic E-state index is 0.341. The molecule has 1 fully saturated rings. The van der Waals surface area contributed by atoms with Crippen LogP contribution < -0.4 is 0 Å². The maximum atomic E-state index is 4.59. The SMILES string of the molecule is CC(Sc1nnc(-c2c[nH]c3ccccc23)n1C1CC1)c1ccccc1. The van der Waals surface area contributed by atoms with Gasteiger partial charge in [0.2, 0.25) is 0 Å². The molecule has 0 saturated heterocycles. The van der Waals surface area contributed by atoms with E-state index in [-0.39, 0.29) is 0 Å². The second-order valence-electron chi connectivity index (χ2n) is 6.83. The molecule has 0 radical (unpaired) electrons. The molecule has 26 heavy (non-hydrogen) atoms. The van der Waals surface area contributed by atoms with Crippen molar-refractivity contribution in [1.82, 2.24) is 19.7 Å². The molecule has 2 aromatic carbocycles. The van der Waals surface area contributed by atoms with E-state index < -0.39 is 0 Å². The average molecular weight is 360 g/mol. The number of benzene rings is 2.